The van der Waals surface area contributed by atoms with Gasteiger partial charge in [-0.3, -0.25) is 0 Å². The molecule has 7 nitrogen and oxygen atoms in total. The Hall–Kier alpha value is -1.60. The lowest BCUT2D eigenvalue weighted by Gasteiger charge is -2.35. The summed E-state index contributed by atoms with van der Waals surface area (Å²) in [6.45, 7) is 8.52. The highest BCUT2D eigenvalue weighted by atomic mass is 16.5. The monoisotopic (exact) mass is 353 g/mol. The standard InChI is InChI=1S/C18H31N3O4/c1-4-7-11-24-17(22)16-14(6-3)25-18(20-16)21-9-8-13(19)15(12-21)23-10-5-2/h13,15H,4-12,19H2,1-3H3. The summed E-state index contributed by atoms with van der Waals surface area (Å²) in [7, 11) is 0. The predicted molar refractivity (Wildman–Crippen MR) is 95.9 cm³/mol. The summed E-state index contributed by atoms with van der Waals surface area (Å²) in [5.74, 6) is 0.158. The minimum absolute atomic E-state index is 0.0156. The summed E-state index contributed by atoms with van der Waals surface area (Å²) >= 11 is 0. The van der Waals surface area contributed by atoms with Crippen LogP contribution < -0.4 is 10.6 Å². The molecule has 0 saturated carbocycles. The first kappa shape index (κ1) is 19.7. The maximum Gasteiger partial charge on any atom is 0.360 e. The Morgan fingerprint density at radius 1 is 1.32 bits per heavy atom. The van der Waals surface area contributed by atoms with E-state index in [0.717, 1.165) is 32.2 Å². The highest BCUT2D eigenvalue weighted by Crippen LogP contribution is 2.24. The predicted octanol–water partition coefficient (Wildman–Crippen LogP) is 2.53. The van der Waals surface area contributed by atoms with Crippen LogP contribution >= 0.6 is 0 Å². The van der Waals surface area contributed by atoms with Crippen molar-refractivity contribution in [2.45, 2.75) is 65.0 Å². The first-order valence-electron chi connectivity index (χ1n) is 9.39. The van der Waals surface area contributed by atoms with Crippen LogP contribution in [0, 0.1) is 0 Å². The van der Waals surface area contributed by atoms with Gasteiger partial charge >= 0.3 is 5.97 Å². The minimum atomic E-state index is -0.409. The summed E-state index contributed by atoms with van der Waals surface area (Å²) in [6.07, 6.45) is 4.12. The van der Waals surface area contributed by atoms with E-state index in [0.29, 0.717) is 38.0 Å². The zero-order valence-electron chi connectivity index (χ0n) is 15.6. The Bertz CT molecular complexity index is 546. The van der Waals surface area contributed by atoms with Crippen molar-refractivity contribution in [3.63, 3.8) is 0 Å². The third-order valence-corrected chi connectivity index (χ3v) is 4.35. The topological polar surface area (TPSA) is 90.8 Å². The van der Waals surface area contributed by atoms with E-state index in [9.17, 15) is 4.79 Å². The highest BCUT2D eigenvalue weighted by Gasteiger charge is 2.31. The number of anilines is 1. The van der Waals surface area contributed by atoms with Crippen LogP contribution in [0.15, 0.2) is 4.42 Å². The van der Waals surface area contributed by atoms with E-state index in [1.54, 1.807) is 0 Å². The number of hydrogen-bond donors (Lipinski definition) is 1. The maximum absolute atomic E-state index is 12.2. The first-order valence-corrected chi connectivity index (χ1v) is 9.39. The molecule has 0 spiro atoms. The van der Waals surface area contributed by atoms with E-state index in [4.69, 9.17) is 19.6 Å². The van der Waals surface area contributed by atoms with Gasteiger partial charge in [-0.1, -0.05) is 27.2 Å². The molecule has 0 amide bonds. The Morgan fingerprint density at radius 2 is 2.12 bits per heavy atom. The number of carbonyl (C=O) groups excluding carboxylic acids is 1. The molecule has 1 aliphatic rings. The fraction of sp³-hybridized carbons (Fsp3) is 0.778. The van der Waals surface area contributed by atoms with Crippen LogP contribution in [-0.4, -0.2) is 49.4 Å². The molecule has 2 rings (SSSR count). The summed E-state index contributed by atoms with van der Waals surface area (Å²) in [6, 6.07) is 0.471. The van der Waals surface area contributed by atoms with Gasteiger partial charge in [0, 0.05) is 25.6 Å². The molecule has 2 heterocycles. The zero-order chi connectivity index (χ0) is 18.2. The molecule has 0 aromatic carbocycles. The van der Waals surface area contributed by atoms with Gasteiger partial charge in [0.25, 0.3) is 6.01 Å². The lowest BCUT2D eigenvalue weighted by Crippen LogP contribution is -2.52. The summed E-state index contributed by atoms with van der Waals surface area (Å²) < 4.78 is 17.0. The van der Waals surface area contributed by atoms with Crippen molar-refractivity contribution in [1.29, 1.82) is 0 Å². The van der Waals surface area contributed by atoms with Crippen molar-refractivity contribution < 1.29 is 18.7 Å². The molecule has 7 heteroatoms. The van der Waals surface area contributed by atoms with E-state index >= 15 is 0 Å². The van der Waals surface area contributed by atoms with Crippen molar-refractivity contribution in [3.8, 4) is 0 Å². The molecule has 142 valence electrons. The molecule has 1 aromatic rings. The van der Waals surface area contributed by atoms with Crippen LogP contribution in [0.1, 0.15) is 62.7 Å². The fourth-order valence-electron chi connectivity index (χ4n) is 2.81. The second kappa shape index (κ2) is 9.77. The average Bonchev–Trinajstić information content (AvgIpc) is 3.05. The van der Waals surface area contributed by atoms with Crippen LogP contribution in [0.2, 0.25) is 0 Å². The second-order valence-electron chi connectivity index (χ2n) is 6.42. The van der Waals surface area contributed by atoms with E-state index in [2.05, 4.69) is 18.8 Å². The Morgan fingerprint density at radius 3 is 2.80 bits per heavy atom. The molecule has 0 aliphatic carbocycles. The lowest BCUT2D eigenvalue weighted by atomic mass is 10.0. The Labute approximate surface area is 149 Å². The largest absolute Gasteiger partial charge is 0.461 e. The van der Waals surface area contributed by atoms with Crippen molar-refractivity contribution in [1.82, 2.24) is 4.98 Å². The van der Waals surface area contributed by atoms with Crippen LogP contribution in [0.25, 0.3) is 0 Å². The lowest BCUT2D eigenvalue weighted by molar-refractivity contribution is 0.0300. The van der Waals surface area contributed by atoms with Crippen LogP contribution in [0.4, 0.5) is 6.01 Å². The van der Waals surface area contributed by atoms with Gasteiger partial charge in [0.1, 0.15) is 5.76 Å². The van der Waals surface area contributed by atoms with Crippen LogP contribution in [-0.2, 0) is 15.9 Å². The van der Waals surface area contributed by atoms with Crippen LogP contribution in [0.5, 0.6) is 0 Å². The number of esters is 1. The molecule has 2 N–H and O–H groups in total. The van der Waals surface area contributed by atoms with Crippen molar-refractivity contribution in [3.05, 3.63) is 11.5 Å². The molecule has 1 fully saturated rings. The summed E-state index contributed by atoms with van der Waals surface area (Å²) in [5.41, 5.74) is 6.45. The third-order valence-electron chi connectivity index (χ3n) is 4.35. The van der Waals surface area contributed by atoms with Crippen molar-refractivity contribution in [2.24, 2.45) is 5.73 Å². The quantitative estimate of drug-likeness (QED) is 0.539. The molecule has 0 radical (unpaired) electrons. The van der Waals surface area contributed by atoms with E-state index in [1.807, 2.05) is 11.8 Å². The van der Waals surface area contributed by atoms with Gasteiger partial charge in [-0.2, -0.15) is 4.98 Å². The second-order valence-corrected chi connectivity index (χ2v) is 6.42. The Kier molecular flexibility index (Phi) is 7.71. The number of hydrogen-bond acceptors (Lipinski definition) is 7. The van der Waals surface area contributed by atoms with Gasteiger partial charge in [-0.05, 0) is 19.3 Å². The van der Waals surface area contributed by atoms with Gasteiger partial charge in [0.15, 0.2) is 5.69 Å². The van der Waals surface area contributed by atoms with Crippen molar-refractivity contribution in [2.75, 3.05) is 31.2 Å². The number of nitrogens with two attached hydrogens (primary N) is 1. The third kappa shape index (κ3) is 5.19. The van der Waals surface area contributed by atoms with E-state index in [1.165, 1.54) is 0 Å². The minimum Gasteiger partial charge on any atom is -0.461 e. The number of unbranched alkanes of at least 4 members (excludes halogenated alkanes) is 1. The zero-order valence-corrected chi connectivity index (χ0v) is 15.6. The molecule has 1 saturated heterocycles. The fourth-order valence-corrected chi connectivity index (χ4v) is 2.81. The van der Waals surface area contributed by atoms with Crippen LogP contribution in [0.3, 0.4) is 0 Å². The normalized spacial score (nSPS) is 20.7. The highest BCUT2D eigenvalue weighted by molar-refractivity contribution is 5.88. The number of oxazole rings is 1. The molecule has 1 aromatic heterocycles. The molecular formula is C18H31N3O4. The van der Waals surface area contributed by atoms with E-state index < -0.39 is 5.97 Å². The Balaban J connectivity index is 2.07. The van der Waals surface area contributed by atoms with Gasteiger partial charge < -0.3 is 24.5 Å². The molecular weight excluding hydrogens is 322 g/mol. The SMILES string of the molecule is CCCCOC(=O)c1nc(N2CCC(N)C(OCCC)C2)oc1CC. The molecule has 2 atom stereocenters. The number of ether oxygens (including phenoxy) is 2. The molecule has 25 heavy (non-hydrogen) atoms. The van der Waals surface area contributed by atoms with Crippen molar-refractivity contribution >= 4 is 12.0 Å². The van der Waals surface area contributed by atoms with Gasteiger partial charge in [-0.25, -0.2) is 4.79 Å². The first-order chi connectivity index (χ1) is 12.1. The average molecular weight is 353 g/mol. The van der Waals surface area contributed by atoms with Gasteiger partial charge in [-0.15, -0.1) is 0 Å². The van der Waals surface area contributed by atoms with Gasteiger partial charge in [0.2, 0.25) is 0 Å². The summed E-state index contributed by atoms with van der Waals surface area (Å²) in [5, 5.41) is 0. The number of aromatic nitrogens is 1. The number of nitrogens with zero attached hydrogens (tertiary/aromatic N) is 2. The number of aryl methyl sites for hydroxylation is 1. The van der Waals surface area contributed by atoms with Gasteiger partial charge in [0.05, 0.1) is 19.3 Å². The van der Waals surface area contributed by atoms with E-state index in [-0.39, 0.29) is 17.8 Å². The summed E-state index contributed by atoms with van der Waals surface area (Å²) in [4.78, 5) is 18.7. The molecule has 1 aliphatic heterocycles. The number of rotatable bonds is 9. The molecule has 0 bridgehead atoms. The smallest absolute Gasteiger partial charge is 0.360 e. The molecule has 2 unspecified atom stereocenters. The number of carbonyl (C=O) groups is 1. The number of piperidine rings is 1. The maximum atomic E-state index is 12.2.